The molecule has 3 rings (SSSR count). The summed E-state index contributed by atoms with van der Waals surface area (Å²) in [6, 6.07) is 3.84. The number of fused-ring (bicyclic) bond motifs is 1. The number of aromatic nitrogens is 3. The first kappa shape index (κ1) is 20.2. The lowest BCUT2D eigenvalue weighted by Crippen LogP contribution is -2.34. The third-order valence-electron chi connectivity index (χ3n) is 5.13. The van der Waals surface area contributed by atoms with Crippen molar-refractivity contribution in [2.75, 3.05) is 7.05 Å². The summed E-state index contributed by atoms with van der Waals surface area (Å²) in [5.74, 6) is 0.830. The van der Waals surface area contributed by atoms with Crippen molar-refractivity contribution in [3.05, 3.63) is 56.7 Å². The van der Waals surface area contributed by atoms with Gasteiger partial charge in [-0.3, -0.25) is 14.6 Å². The van der Waals surface area contributed by atoms with Crippen molar-refractivity contribution in [3.63, 3.8) is 0 Å². The second-order valence-corrected chi connectivity index (χ2v) is 8.66. The summed E-state index contributed by atoms with van der Waals surface area (Å²) in [6.07, 6.45) is 4.23. The SMILES string of the molecule is Cc1sc2nc(CCC(=O)N(C)[C@@H](c3cccnc3)C(C)C)[nH]c(=O)c2c1C. The van der Waals surface area contributed by atoms with Crippen LogP contribution >= 0.6 is 11.3 Å². The number of hydrogen-bond donors (Lipinski definition) is 1. The molecule has 6 nitrogen and oxygen atoms in total. The highest BCUT2D eigenvalue weighted by molar-refractivity contribution is 7.18. The van der Waals surface area contributed by atoms with E-state index in [1.165, 1.54) is 11.3 Å². The first-order valence-corrected chi connectivity index (χ1v) is 10.3. The number of rotatable bonds is 6. The van der Waals surface area contributed by atoms with Crippen LogP contribution in [-0.4, -0.2) is 32.8 Å². The minimum atomic E-state index is -0.127. The van der Waals surface area contributed by atoms with E-state index in [9.17, 15) is 9.59 Å². The number of aryl methyl sites for hydroxylation is 3. The van der Waals surface area contributed by atoms with Gasteiger partial charge < -0.3 is 9.88 Å². The van der Waals surface area contributed by atoms with Gasteiger partial charge in [-0.05, 0) is 37.0 Å². The summed E-state index contributed by atoms with van der Waals surface area (Å²) in [4.78, 5) is 40.4. The number of pyridine rings is 1. The van der Waals surface area contributed by atoms with Crippen LogP contribution in [0.5, 0.6) is 0 Å². The third-order valence-corrected chi connectivity index (χ3v) is 6.23. The molecule has 7 heteroatoms. The fourth-order valence-corrected chi connectivity index (χ4v) is 4.63. The normalized spacial score (nSPS) is 12.5. The highest BCUT2D eigenvalue weighted by atomic mass is 32.1. The molecule has 28 heavy (non-hydrogen) atoms. The molecule has 1 amide bonds. The van der Waals surface area contributed by atoms with Crippen LogP contribution in [0.25, 0.3) is 10.2 Å². The zero-order valence-electron chi connectivity index (χ0n) is 16.9. The Balaban J connectivity index is 1.76. The number of thiophene rings is 1. The number of H-pyrrole nitrogens is 1. The summed E-state index contributed by atoms with van der Waals surface area (Å²) in [7, 11) is 1.82. The van der Waals surface area contributed by atoms with Gasteiger partial charge in [0.05, 0.1) is 11.4 Å². The smallest absolute Gasteiger partial charge is 0.259 e. The van der Waals surface area contributed by atoms with E-state index in [0.717, 1.165) is 20.8 Å². The predicted molar refractivity (Wildman–Crippen MR) is 113 cm³/mol. The van der Waals surface area contributed by atoms with E-state index in [1.54, 1.807) is 11.1 Å². The second kappa shape index (κ2) is 8.22. The van der Waals surface area contributed by atoms with Crippen LogP contribution in [0, 0.1) is 19.8 Å². The van der Waals surface area contributed by atoms with Crippen molar-refractivity contribution >= 4 is 27.5 Å². The largest absolute Gasteiger partial charge is 0.338 e. The van der Waals surface area contributed by atoms with Crippen LogP contribution in [0.4, 0.5) is 0 Å². The Bertz CT molecular complexity index is 1040. The molecule has 0 spiro atoms. The lowest BCUT2D eigenvalue weighted by atomic mass is 9.95. The standard InChI is InChI=1S/C21H26N4O2S/c1-12(2)19(15-7-6-10-22-11-15)25(5)17(26)9-8-16-23-20(27)18-13(3)14(4)28-21(18)24-16/h6-7,10-12,19H,8-9H2,1-5H3,(H,23,24,27)/t19-/m1/s1. The quantitative estimate of drug-likeness (QED) is 0.685. The van der Waals surface area contributed by atoms with Gasteiger partial charge in [0.2, 0.25) is 5.91 Å². The van der Waals surface area contributed by atoms with Crippen molar-refractivity contribution in [1.29, 1.82) is 0 Å². The molecular formula is C21H26N4O2S. The minimum Gasteiger partial charge on any atom is -0.338 e. The Kier molecular flexibility index (Phi) is 5.93. The van der Waals surface area contributed by atoms with Gasteiger partial charge in [-0.25, -0.2) is 4.98 Å². The molecule has 0 unspecified atom stereocenters. The molecule has 3 aromatic heterocycles. The average Bonchev–Trinajstić information content (AvgIpc) is 2.94. The topological polar surface area (TPSA) is 79.0 Å². The molecule has 0 aliphatic rings. The Morgan fingerprint density at radius 1 is 1.32 bits per heavy atom. The van der Waals surface area contributed by atoms with Crippen LogP contribution in [0.15, 0.2) is 29.3 Å². The lowest BCUT2D eigenvalue weighted by Gasteiger charge is -2.31. The minimum absolute atomic E-state index is 0.0174. The van der Waals surface area contributed by atoms with Gasteiger partial charge in [0.25, 0.3) is 5.56 Å². The van der Waals surface area contributed by atoms with Gasteiger partial charge in [-0.2, -0.15) is 0 Å². The predicted octanol–water partition coefficient (Wildman–Crippen LogP) is 3.78. The van der Waals surface area contributed by atoms with E-state index in [1.807, 2.05) is 39.2 Å². The van der Waals surface area contributed by atoms with Crippen LogP contribution < -0.4 is 5.56 Å². The van der Waals surface area contributed by atoms with Gasteiger partial charge in [-0.15, -0.1) is 11.3 Å². The molecule has 3 aromatic rings. The van der Waals surface area contributed by atoms with E-state index in [2.05, 4.69) is 28.8 Å². The van der Waals surface area contributed by atoms with Gasteiger partial charge >= 0.3 is 0 Å². The van der Waals surface area contributed by atoms with Crippen LogP contribution in [-0.2, 0) is 11.2 Å². The number of carbonyl (C=O) groups is 1. The highest BCUT2D eigenvalue weighted by Crippen LogP contribution is 2.28. The lowest BCUT2D eigenvalue weighted by molar-refractivity contribution is -0.133. The van der Waals surface area contributed by atoms with Crippen molar-refractivity contribution in [3.8, 4) is 0 Å². The molecule has 0 radical (unpaired) electrons. The van der Waals surface area contributed by atoms with Crippen LogP contribution in [0.3, 0.4) is 0 Å². The molecule has 1 N–H and O–H groups in total. The summed E-state index contributed by atoms with van der Waals surface area (Å²) in [5, 5.41) is 0.658. The van der Waals surface area contributed by atoms with Gasteiger partial charge in [0.1, 0.15) is 10.7 Å². The van der Waals surface area contributed by atoms with Gasteiger partial charge in [0, 0.05) is 37.2 Å². The first-order valence-electron chi connectivity index (χ1n) is 9.44. The molecule has 3 heterocycles. The third kappa shape index (κ3) is 3.99. The van der Waals surface area contributed by atoms with Crippen molar-refractivity contribution in [1.82, 2.24) is 19.9 Å². The molecule has 0 aliphatic heterocycles. The zero-order valence-corrected chi connectivity index (χ0v) is 17.8. The molecule has 0 saturated carbocycles. The maximum Gasteiger partial charge on any atom is 0.259 e. The molecule has 148 valence electrons. The van der Waals surface area contributed by atoms with E-state index >= 15 is 0 Å². The number of nitrogens with one attached hydrogen (secondary N) is 1. The number of nitrogens with zero attached hydrogens (tertiary/aromatic N) is 3. The molecular weight excluding hydrogens is 372 g/mol. The fraction of sp³-hybridized carbons (Fsp3) is 0.429. The van der Waals surface area contributed by atoms with Crippen molar-refractivity contribution < 1.29 is 4.79 Å². The van der Waals surface area contributed by atoms with Crippen LogP contribution in [0.2, 0.25) is 0 Å². The van der Waals surface area contributed by atoms with E-state index in [4.69, 9.17) is 0 Å². The Morgan fingerprint density at radius 3 is 2.71 bits per heavy atom. The average molecular weight is 399 g/mol. The summed E-state index contributed by atoms with van der Waals surface area (Å²) < 4.78 is 0. The Hall–Kier alpha value is -2.54. The summed E-state index contributed by atoms with van der Waals surface area (Å²) in [5.41, 5.74) is 1.87. The fourth-order valence-electron chi connectivity index (χ4n) is 3.58. The van der Waals surface area contributed by atoms with Gasteiger partial charge in [-0.1, -0.05) is 19.9 Å². The number of carbonyl (C=O) groups excluding carboxylic acids is 1. The van der Waals surface area contributed by atoms with Crippen LogP contribution in [0.1, 0.15) is 48.1 Å². The molecule has 0 bridgehead atoms. The molecule has 0 saturated heterocycles. The van der Waals surface area contributed by atoms with Crippen molar-refractivity contribution in [2.45, 2.75) is 46.6 Å². The Morgan fingerprint density at radius 2 is 2.07 bits per heavy atom. The van der Waals surface area contributed by atoms with E-state index in [0.29, 0.717) is 17.6 Å². The van der Waals surface area contributed by atoms with E-state index in [-0.39, 0.29) is 29.8 Å². The molecule has 1 atom stereocenters. The summed E-state index contributed by atoms with van der Waals surface area (Å²) >= 11 is 1.52. The maximum atomic E-state index is 12.8. The second-order valence-electron chi connectivity index (χ2n) is 7.46. The molecule has 0 aliphatic carbocycles. The first-order chi connectivity index (χ1) is 13.3. The Labute approximate surface area is 168 Å². The maximum absolute atomic E-state index is 12.8. The number of amides is 1. The van der Waals surface area contributed by atoms with E-state index < -0.39 is 0 Å². The number of aromatic amines is 1. The number of hydrogen-bond acceptors (Lipinski definition) is 5. The molecule has 0 fully saturated rings. The van der Waals surface area contributed by atoms with Gasteiger partial charge in [0.15, 0.2) is 0 Å². The highest BCUT2D eigenvalue weighted by Gasteiger charge is 2.25. The monoisotopic (exact) mass is 398 g/mol. The summed E-state index contributed by atoms with van der Waals surface area (Å²) in [6.45, 7) is 8.11. The zero-order chi connectivity index (χ0) is 20.4. The van der Waals surface area contributed by atoms with Crippen molar-refractivity contribution in [2.24, 2.45) is 5.92 Å². The molecule has 0 aromatic carbocycles.